The van der Waals surface area contributed by atoms with Crippen LogP contribution in [0.5, 0.6) is 11.5 Å². The van der Waals surface area contributed by atoms with E-state index < -0.39 is 23.7 Å². The molecular weight excluding hydrogens is 532 g/mol. The van der Waals surface area contributed by atoms with Crippen molar-refractivity contribution in [2.45, 2.75) is 32.7 Å². The van der Waals surface area contributed by atoms with Gasteiger partial charge in [0.15, 0.2) is 5.13 Å². The van der Waals surface area contributed by atoms with Crippen LogP contribution in [0.2, 0.25) is 0 Å². The number of benzene rings is 2. The number of Topliss-reactive ketones (excluding diaryl/α,β-unsaturated/α-hetero) is 1. The molecule has 1 amide bonds. The number of carbonyl (C=O) groups excluding carboxylic acids is 3. The van der Waals surface area contributed by atoms with E-state index in [4.69, 9.17) is 14.2 Å². The lowest BCUT2D eigenvalue weighted by molar-refractivity contribution is -0.132. The molecular formula is C30H30N2O7S. The van der Waals surface area contributed by atoms with Crippen LogP contribution in [0.4, 0.5) is 5.13 Å². The highest BCUT2D eigenvalue weighted by molar-refractivity contribution is 7.17. The van der Waals surface area contributed by atoms with E-state index in [1.165, 1.54) is 18.1 Å². The number of hydrogen-bond donors (Lipinski definition) is 1. The van der Waals surface area contributed by atoms with Crippen molar-refractivity contribution in [1.82, 2.24) is 4.98 Å². The summed E-state index contributed by atoms with van der Waals surface area (Å²) in [6.45, 7) is 7.74. The van der Waals surface area contributed by atoms with Gasteiger partial charge in [0.1, 0.15) is 28.7 Å². The number of methoxy groups -OCH3 is 1. The van der Waals surface area contributed by atoms with Crippen LogP contribution < -0.4 is 14.4 Å². The number of thiazole rings is 1. The topological polar surface area (TPSA) is 115 Å². The molecule has 1 N–H and O–H groups in total. The average Bonchev–Trinajstić information content (AvgIpc) is 3.48. The maximum atomic E-state index is 13.5. The van der Waals surface area contributed by atoms with Gasteiger partial charge in [-0.3, -0.25) is 14.5 Å². The first-order valence-electron chi connectivity index (χ1n) is 12.7. The first-order valence-corrected chi connectivity index (χ1v) is 13.6. The first kappa shape index (κ1) is 28.6. The van der Waals surface area contributed by atoms with Gasteiger partial charge in [0, 0.05) is 5.56 Å². The number of esters is 1. The van der Waals surface area contributed by atoms with E-state index in [9.17, 15) is 19.5 Å². The summed E-state index contributed by atoms with van der Waals surface area (Å²) < 4.78 is 16.3. The number of nitrogens with zero attached hydrogens (tertiary/aromatic N) is 2. The van der Waals surface area contributed by atoms with Gasteiger partial charge in [-0.1, -0.05) is 61.6 Å². The smallest absolute Gasteiger partial charge is 0.350 e. The van der Waals surface area contributed by atoms with Crippen LogP contribution in [-0.2, 0) is 14.3 Å². The fourth-order valence-electron chi connectivity index (χ4n) is 4.25. The molecule has 2 aromatic carbocycles. The van der Waals surface area contributed by atoms with Gasteiger partial charge in [-0.25, -0.2) is 9.78 Å². The Balaban J connectivity index is 1.85. The van der Waals surface area contributed by atoms with E-state index in [0.29, 0.717) is 34.9 Å². The summed E-state index contributed by atoms with van der Waals surface area (Å²) >= 11 is 0.930. The number of ether oxygens (including phenoxy) is 3. The number of aliphatic hydroxyl groups excluding tert-OH is 1. The summed E-state index contributed by atoms with van der Waals surface area (Å²) in [6, 6.07) is 12.6. The number of amides is 1. The van der Waals surface area contributed by atoms with Crippen molar-refractivity contribution < 1.29 is 33.7 Å². The monoisotopic (exact) mass is 562 g/mol. The molecule has 0 saturated carbocycles. The van der Waals surface area contributed by atoms with Crippen LogP contribution in [0.1, 0.15) is 52.3 Å². The first-order chi connectivity index (χ1) is 19.3. The molecule has 1 aliphatic rings. The maximum absolute atomic E-state index is 13.5. The second kappa shape index (κ2) is 12.6. The van der Waals surface area contributed by atoms with Gasteiger partial charge in [0.2, 0.25) is 0 Å². The molecule has 0 radical (unpaired) electrons. The van der Waals surface area contributed by atoms with Crippen molar-refractivity contribution in [3.63, 3.8) is 0 Å². The number of rotatable bonds is 11. The van der Waals surface area contributed by atoms with Gasteiger partial charge in [-0.2, -0.15) is 0 Å². The fourth-order valence-corrected chi connectivity index (χ4v) is 5.24. The molecule has 1 atom stereocenters. The predicted molar refractivity (Wildman–Crippen MR) is 152 cm³/mol. The zero-order valence-corrected chi connectivity index (χ0v) is 23.3. The molecule has 1 unspecified atom stereocenters. The third-order valence-electron chi connectivity index (χ3n) is 6.24. The molecule has 1 fully saturated rings. The van der Waals surface area contributed by atoms with Crippen molar-refractivity contribution in [2.75, 3.05) is 25.2 Å². The van der Waals surface area contributed by atoms with Crippen LogP contribution >= 0.6 is 11.3 Å². The number of unbranched alkanes of at least 4 members (excludes halogenated alkanes) is 1. The third-order valence-corrected chi connectivity index (χ3v) is 7.37. The Morgan fingerprint density at radius 3 is 2.65 bits per heavy atom. The molecule has 0 aliphatic carbocycles. The van der Waals surface area contributed by atoms with Crippen LogP contribution in [0.25, 0.3) is 5.76 Å². The quantitative estimate of drug-likeness (QED) is 0.0801. The second-order valence-electron chi connectivity index (χ2n) is 8.97. The molecule has 10 heteroatoms. The molecule has 0 bridgehead atoms. The van der Waals surface area contributed by atoms with Crippen molar-refractivity contribution in [3.8, 4) is 11.5 Å². The molecule has 2 heterocycles. The van der Waals surface area contributed by atoms with E-state index in [1.807, 2.05) is 0 Å². The van der Waals surface area contributed by atoms with Crippen LogP contribution in [0.3, 0.4) is 0 Å². The molecule has 40 heavy (non-hydrogen) atoms. The number of hydrogen-bond acceptors (Lipinski definition) is 9. The zero-order chi connectivity index (χ0) is 28.8. The number of aromatic nitrogens is 1. The Bertz CT molecular complexity index is 1480. The Morgan fingerprint density at radius 1 is 1.18 bits per heavy atom. The minimum atomic E-state index is -1.04. The maximum Gasteiger partial charge on any atom is 0.350 e. The molecule has 3 aromatic rings. The minimum Gasteiger partial charge on any atom is -0.507 e. The van der Waals surface area contributed by atoms with Crippen molar-refractivity contribution in [2.24, 2.45) is 0 Å². The highest BCUT2D eigenvalue weighted by Gasteiger charge is 2.48. The normalized spacial score (nSPS) is 16.2. The summed E-state index contributed by atoms with van der Waals surface area (Å²) in [5, 5.41) is 11.6. The Hall–Kier alpha value is -4.44. The highest BCUT2D eigenvalue weighted by atomic mass is 32.1. The summed E-state index contributed by atoms with van der Waals surface area (Å²) in [6.07, 6.45) is 3.28. The molecule has 0 spiro atoms. The van der Waals surface area contributed by atoms with Gasteiger partial charge in [0.05, 0.1) is 31.0 Å². The Kier molecular flexibility index (Phi) is 9.00. The summed E-state index contributed by atoms with van der Waals surface area (Å²) in [5.41, 5.74) is 1.06. The van der Waals surface area contributed by atoms with E-state index >= 15 is 0 Å². The summed E-state index contributed by atoms with van der Waals surface area (Å²) in [4.78, 5) is 45.4. The Labute approximate surface area is 236 Å². The minimum absolute atomic E-state index is 0.0149. The second-order valence-corrected chi connectivity index (χ2v) is 9.95. The molecule has 9 nitrogen and oxygen atoms in total. The molecule has 208 valence electrons. The zero-order valence-electron chi connectivity index (χ0n) is 22.5. The van der Waals surface area contributed by atoms with Crippen LogP contribution in [-0.4, -0.2) is 48.1 Å². The average molecular weight is 563 g/mol. The molecule has 4 rings (SSSR count). The van der Waals surface area contributed by atoms with Crippen molar-refractivity contribution in [1.29, 1.82) is 0 Å². The van der Waals surface area contributed by atoms with E-state index in [0.717, 1.165) is 24.2 Å². The number of ketones is 1. The van der Waals surface area contributed by atoms with Gasteiger partial charge >= 0.3 is 11.9 Å². The largest absolute Gasteiger partial charge is 0.507 e. The van der Waals surface area contributed by atoms with Gasteiger partial charge in [-0.15, -0.1) is 0 Å². The number of carbonyl (C=O) groups is 3. The third kappa shape index (κ3) is 5.76. The standard InChI is InChI=1S/C30H30N2O7S/c1-5-7-15-38-22-13-9-11-20(17-22)25(33)23-24(19-10-8-12-21(16-19)37-4)32(28(35)26(23)34)30-31-18(3)27(40-30)29(36)39-14-6-2/h6,8-13,16-17,24,33H,2,5,7,14-15H2,1,3-4H3/b25-23+. The van der Waals surface area contributed by atoms with Crippen molar-refractivity contribution in [3.05, 3.63) is 88.5 Å². The predicted octanol–water partition coefficient (Wildman–Crippen LogP) is 5.61. The molecule has 1 saturated heterocycles. The van der Waals surface area contributed by atoms with E-state index in [-0.39, 0.29) is 27.9 Å². The Morgan fingerprint density at radius 2 is 1.93 bits per heavy atom. The number of aryl methyl sites for hydroxylation is 1. The number of aliphatic hydroxyl groups is 1. The lowest BCUT2D eigenvalue weighted by atomic mass is 9.95. The van der Waals surface area contributed by atoms with Crippen molar-refractivity contribution >= 4 is 39.9 Å². The van der Waals surface area contributed by atoms with Crippen LogP contribution in [0, 0.1) is 6.92 Å². The lowest BCUT2D eigenvalue weighted by Gasteiger charge is -2.23. The SMILES string of the molecule is C=CCOC(=O)c1sc(N2C(=O)C(=O)/C(=C(/O)c3cccc(OCCCC)c3)C2c2cccc(OC)c2)nc1C. The van der Waals surface area contributed by atoms with Crippen LogP contribution in [0.15, 0.2) is 66.8 Å². The van der Waals surface area contributed by atoms with Gasteiger partial charge < -0.3 is 19.3 Å². The fraction of sp³-hybridized carbons (Fsp3) is 0.267. The number of anilines is 1. The van der Waals surface area contributed by atoms with E-state index in [1.54, 1.807) is 55.5 Å². The molecule has 1 aliphatic heterocycles. The summed E-state index contributed by atoms with van der Waals surface area (Å²) in [5.74, 6) is -1.71. The lowest BCUT2D eigenvalue weighted by Crippen LogP contribution is -2.29. The van der Waals surface area contributed by atoms with Gasteiger partial charge in [-0.05, 0) is 43.2 Å². The van der Waals surface area contributed by atoms with E-state index in [2.05, 4.69) is 18.5 Å². The summed E-state index contributed by atoms with van der Waals surface area (Å²) in [7, 11) is 1.51. The van der Waals surface area contributed by atoms with Gasteiger partial charge in [0.25, 0.3) is 5.78 Å². The highest BCUT2D eigenvalue weighted by Crippen LogP contribution is 2.44. The molecule has 1 aromatic heterocycles.